The first-order chi connectivity index (χ1) is 19.0. The fourth-order valence-electron chi connectivity index (χ4n) is 5.71. The average molecular weight is 541 g/mol. The summed E-state index contributed by atoms with van der Waals surface area (Å²) in [4.78, 5) is 0. The maximum atomic E-state index is 5.94. The quantitative estimate of drug-likeness (QED) is 0.240. The SMILES string of the molecule is CCCCC1=CC(C(C)(C)C)=CCC(CC2=C(C)C(C(C)(C)C)=CC(CCCCOCc3ccccc3)=CC2)=C1. The molecule has 0 saturated carbocycles. The van der Waals surface area contributed by atoms with E-state index in [1.54, 1.807) is 11.1 Å². The van der Waals surface area contributed by atoms with Gasteiger partial charge in [0.2, 0.25) is 0 Å². The van der Waals surface area contributed by atoms with Gasteiger partial charge in [-0.2, -0.15) is 0 Å². The van der Waals surface area contributed by atoms with Gasteiger partial charge < -0.3 is 4.74 Å². The molecule has 1 aromatic carbocycles. The van der Waals surface area contributed by atoms with E-state index < -0.39 is 0 Å². The molecule has 0 atom stereocenters. The van der Waals surface area contributed by atoms with Crippen LogP contribution in [0.25, 0.3) is 0 Å². The van der Waals surface area contributed by atoms with Crippen LogP contribution >= 0.6 is 0 Å². The van der Waals surface area contributed by atoms with Crippen LogP contribution in [0.5, 0.6) is 0 Å². The van der Waals surface area contributed by atoms with Crippen LogP contribution in [-0.4, -0.2) is 6.61 Å². The van der Waals surface area contributed by atoms with Crippen molar-refractivity contribution < 1.29 is 4.74 Å². The zero-order chi connectivity index (χ0) is 29.2. The molecule has 2 aliphatic rings. The second-order valence-corrected chi connectivity index (χ2v) is 13.9. The van der Waals surface area contributed by atoms with Crippen LogP contribution in [-0.2, 0) is 11.3 Å². The minimum Gasteiger partial charge on any atom is -0.377 e. The molecule has 218 valence electrons. The van der Waals surface area contributed by atoms with E-state index in [0.29, 0.717) is 6.61 Å². The third-order valence-electron chi connectivity index (χ3n) is 8.24. The summed E-state index contributed by atoms with van der Waals surface area (Å²) in [5.74, 6) is 0. The van der Waals surface area contributed by atoms with Crippen molar-refractivity contribution in [3.05, 3.63) is 105 Å². The van der Waals surface area contributed by atoms with Gasteiger partial charge in [0, 0.05) is 6.61 Å². The van der Waals surface area contributed by atoms with Gasteiger partial charge in [0.1, 0.15) is 0 Å². The summed E-state index contributed by atoms with van der Waals surface area (Å²) in [5, 5.41) is 0. The Kier molecular flexibility index (Phi) is 12.1. The van der Waals surface area contributed by atoms with Gasteiger partial charge in [0.25, 0.3) is 0 Å². The highest BCUT2D eigenvalue weighted by atomic mass is 16.5. The Hall–Kier alpha value is -2.38. The molecule has 1 heteroatoms. The fraction of sp³-hybridized carbons (Fsp3) is 0.538. The lowest BCUT2D eigenvalue weighted by Crippen LogP contribution is -2.12. The Labute approximate surface area is 246 Å². The lowest BCUT2D eigenvalue weighted by Gasteiger charge is -2.26. The van der Waals surface area contributed by atoms with Crippen molar-refractivity contribution in [1.29, 1.82) is 0 Å². The Morgan fingerprint density at radius 3 is 2.15 bits per heavy atom. The standard InChI is InChI=1S/C39H56O/c1-9-10-16-33-25-34(21-23-36(27-33)38(3,4)5)26-35-22-20-31(28-37(30(35)2)39(6,7)8)17-14-15-24-40-29-32-18-12-11-13-19-32/h11-13,18-20,23,25,27-28H,9-10,14-17,21-22,24,26,29H2,1-8H3. The Bertz CT molecular complexity index is 1150. The maximum absolute atomic E-state index is 5.94. The van der Waals surface area contributed by atoms with Crippen molar-refractivity contribution >= 4 is 0 Å². The minimum atomic E-state index is 0.126. The Balaban J connectivity index is 1.69. The summed E-state index contributed by atoms with van der Waals surface area (Å²) in [6.07, 6.45) is 22.8. The third-order valence-corrected chi connectivity index (χ3v) is 8.24. The molecule has 0 saturated heterocycles. The lowest BCUT2D eigenvalue weighted by atomic mass is 9.79. The van der Waals surface area contributed by atoms with Gasteiger partial charge in [-0.3, -0.25) is 0 Å². The van der Waals surface area contributed by atoms with E-state index in [-0.39, 0.29) is 10.8 Å². The summed E-state index contributed by atoms with van der Waals surface area (Å²) in [6, 6.07) is 10.5. The average Bonchev–Trinajstić information content (AvgIpc) is 3.20. The largest absolute Gasteiger partial charge is 0.377 e. The smallest absolute Gasteiger partial charge is 0.0716 e. The highest BCUT2D eigenvalue weighted by Crippen LogP contribution is 2.40. The van der Waals surface area contributed by atoms with E-state index in [1.807, 2.05) is 0 Å². The Morgan fingerprint density at radius 1 is 0.750 bits per heavy atom. The Morgan fingerprint density at radius 2 is 1.48 bits per heavy atom. The van der Waals surface area contributed by atoms with Crippen LogP contribution in [0.2, 0.25) is 0 Å². The zero-order valence-electron chi connectivity index (χ0n) is 27.0. The molecule has 0 aromatic heterocycles. The van der Waals surface area contributed by atoms with Gasteiger partial charge in [-0.25, -0.2) is 0 Å². The first-order valence-electron chi connectivity index (χ1n) is 15.8. The van der Waals surface area contributed by atoms with E-state index in [4.69, 9.17) is 4.74 Å². The summed E-state index contributed by atoms with van der Waals surface area (Å²) >= 11 is 0. The first kappa shape index (κ1) is 32.1. The topological polar surface area (TPSA) is 9.23 Å². The van der Waals surface area contributed by atoms with E-state index in [9.17, 15) is 0 Å². The number of unbranched alkanes of at least 4 members (excludes halogenated alkanes) is 2. The van der Waals surface area contributed by atoms with Crippen LogP contribution in [0.1, 0.15) is 119 Å². The summed E-state index contributed by atoms with van der Waals surface area (Å²) in [6.45, 7) is 20.4. The van der Waals surface area contributed by atoms with E-state index in [2.05, 4.69) is 116 Å². The fourth-order valence-corrected chi connectivity index (χ4v) is 5.71. The molecule has 2 aliphatic carbocycles. The molecule has 1 nitrogen and oxygen atoms in total. The number of benzene rings is 1. The number of hydrogen-bond acceptors (Lipinski definition) is 1. The van der Waals surface area contributed by atoms with E-state index in [0.717, 1.165) is 38.7 Å². The summed E-state index contributed by atoms with van der Waals surface area (Å²) < 4.78 is 5.94. The number of ether oxygens (including phenoxy) is 1. The first-order valence-corrected chi connectivity index (χ1v) is 15.8. The predicted molar refractivity (Wildman–Crippen MR) is 175 cm³/mol. The number of rotatable bonds is 12. The number of hydrogen-bond donors (Lipinski definition) is 0. The molecule has 1 aromatic rings. The molecule has 0 spiro atoms. The molecule has 0 N–H and O–H groups in total. The van der Waals surface area contributed by atoms with Gasteiger partial charge in [0.05, 0.1) is 6.61 Å². The number of allylic oxidation sites excluding steroid dienone is 12. The normalized spacial score (nSPS) is 16.9. The van der Waals surface area contributed by atoms with Gasteiger partial charge in [-0.1, -0.05) is 132 Å². The molecule has 3 rings (SSSR count). The molecular formula is C39H56O. The van der Waals surface area contributed by atoms with Crippen molar-refractivity contribution in [2.45, 2.75) is 120 Å². The molecular weight excluding hydrogens is 484 g/mol. The third kappa shape index (κ3) is 10.2. The summed E-state index contributed by atoms with van der Waals surface area (Å²) in [7, 11) is 0. The van der Waals surface area contributed by atoms with Gasteiger partial charge in [0.15, 0.2) is 0 Å². The molecule has 0 unspecified atom stereocenters. The molecule has 0 fully saturated rings. The molecule has 40 heavy (non-hydrogen) atoms. The molecule has 0 bridgehead atoms. The van der Waals surface area contributed by atoms with E-state index in [1.165, 1.54) is 59.1 Å². The van der Waals surface area contributed by atoms with Crippen molar-refractivity contribution in [2.24, 2.45) is 10.8 Å². The van der Waals surface area contributed by atoms with Gasteiger partial charge in [-0.15, -0.1) is 0 Å². The monoisotopic (exact) mass is 540 g/mol. The van der Waals surface area contributed by atoms with Crippen LogP contribution < -0.4 is 0 Å². The van der Waals surface area contributed by atoms with Crippen molar-refractivity contribution in [1.82, 2.24) is 0 Å². The van der Waals surface area contributed by atoms with Crippen LogP contribution in [0.4, 0.5) is 0 Å². The maximum Gasteiger partial charge on any atom is 0.0716 e. The second-order valence-electron chi connectivity index (χ2n) is 13.9. The zero-order valence-corrected chi connectivity index (χ0v) is 27.0. The van der Waals surface area contributed by atoms with Crippen LogP contribution in [0.15, 0.2) is 99.7 Å². The van der Waals surface area contributed by atoms with Crippen LogP contribution in [0.3, 0.4) is 0 Å². The predicted octanol–water partition coefficient (Wildman–Crippen LogP) is 11.8. The molecule has 0 radical (unpaired) electrons. The lowest BCUT2D eigenvalue weighted by molar-refractivity contribution is 0.117. The molecule has 0 aliphatic heterocycles. The van der Waals surface area contributed by atoms with Crippen molar-refractivity contribution in [3.63, 3.8) is 0 Å². The highest BCUT2D eigenvalue weighted by Gasteiger charge is 2.24. The molecule has 0 amide bonds. The van der Waals surface area contributed by atoms with Crippen LogP contribution in [0, 0.1) is 10.8 Å². The van der Waals surface area contributed by atoms with Gasteiger partial charge >= 0.3 is 0 Å². The minimum absolute atomic E-state index is 0.126. The van der Waals surface area contributed by atoms with Crippen molar-refractivity contribution in [3.8, 4) is 0 Å². The van der Waals surface area contributed by atoms with Gasteiger partial charge in [-0.05, 0) is 97.0 Å². The van der Waals surface area contributed by atoms with Crippen molar-refractivity contribution in [2.75, 3.05) is 6.61 Å². The molecule has 0 heterocycles. The van der Waals surface area contributed by atoms with E-state index >= 15 is 0 Å². The second kappa shape index (κ2) is 15.0. The summed E-state index contributed by atoms with van der Waals surface area (Å²) in [5.41, 5.74) is 12.2. The highest BCUT2D eigenvalue weighted by molar-refractivity contribution is 5.48.